The summed E-state index contributed by atoms with van der Waals surface area (Å²) in [5.41, 5.74) is 0.172. The summed E-state index contributed by atoms with van der Waals surface area (Å²) >= 11 is 6.21. The summed E-state index contributed by atoms with van der Waals surface area (Å²) in [6.07, 6.45) is 6.12. The summed E-state index contributed by atoms with van der Waals surface area (Å²) in [6.45, 7) is 1.58. The number of rotatable bonds is 6. The highest BCUT2D eigenvalue weighted by atomic mass is 35.5. The van der Waals surface area contributed by atoms with Gasteiger partial charge in [-0.25, -0.2) is 8.42 Å². The third kappa shape index (κ3) is 4.16. The second-order valence-electron chi connectivity index (χ2n) is 7.76. The molecule has 3 rings (SSSR count). The molecule has 1 aliphatic carbocycles. The smallest absolute Gasteiger partial charge is 0.252 e. The number of nitrogens with zero attached hydrogens (tertiary/aromatic N) is 2. The SMILES string of the molecule is CN(C)C1(CNC(=O)c2cc(S(=O)(=O)N3CCCC3)ccc2Cl)CCCC1. The van der Waals surface area contributed by atoms with Gasteiger partial charge in [-0.1, -0.05) is 24.4 Å². The van der Waals surface area contributed by atoms with Crippen molar-refractivity contribution in [1.29, 1.82) is 0 Å². The highest BCUT2D eigenvalue weighted by Crippen LogP contribution is 2.33. The Bertz CT molecular complexity index is 798. The average molecular weight is 414 g/mol. The first-order valence-electron chi connectivity index (χ1n) is 9.52. The van der Waals surface area contributed by atoms with Crippen LogP contribution in [0.4, 0.5) is 0 Å². The van der Waals surface area contributed by atoms with E-state index in [1.165, 1.54) is 22.5 Å². The topological polar surface area (TPSA) is 69.7 Å². The van der Waals surface area contributed by atoms with Gasteiger partial charge in [-0.05, 0) is 58.0 Å². The molecule has 150 valence electrons. The van der Waals surface area contributed by atoms with Crippen LogP contribution in [-0.2, 0) is 10.0 Å². The van der Waals surface area contributed by atoms with E-state index in [4.69, 9.17) is 11.6 Å². The van der Waals surface area contributed by atoms with Crippen molar-refractivity contribution in [3.63, 3.8) is 0 Å². The zero-order chi connectivity index (χ0) is 19.7. The van der Waals surface area contributed by atoms with Crippen LogP contribution in [0.3, 0.4) is 0 Å². The van der Waals surface area contributed by atoms with E-state index in [2.05, 4.69) is 10.2 Å². The molecule has 0 radical (unpaired) electrons. The van der Waals surface area contributed by atoms with Crippen molar-refractivity contribution >= 4 is 27.5 Å². The summed E-state index contributed by atoms with van der Waals surface area (Å²) in [5.74, 6) is -0.327. The molecule has 8 heteroatoms. The van der Waals surface area contributed by atoms with Gasteiger partial charge in [0, 0.05) is 25.2 Å². The highest BCUT2D eigenvalue weighted by Gasteiger charge is 2.36. The van der Waals surface area contributed by atoms with E-state index >= 15 is 0 Å². The molecular weight excluding hydrogens is 386 g/mol. The van der Waals surface area contributed by atoms with Gasteiger partial charge in [-0.15, -0.1) is 0 Å². The van der Waals surface area contributed by atoms with Gasteiger partial charge in [0.2, 0.25) is 10.0 Å². The number of hydrogen-bond acceptors (Lipinski definition) is 4. The number of carbonyl (C=O) groups is 1. The predicted molar refractivity (Wildman–Crippen MR) is 107 cm³/mol. The fourth-order valence-corrected chi connectivity index (χ4v) is 5.82. The van der Waals surface area contributed by atoms with E-state index in [9.17, 15) is 13.2 Å². The standard InChI is InChI=1S/C19H28ClN3O3S/c1-22(2)19(9-3-4-10-19)14-21-18(24)16-13-15(7-8-17(16)20)27(25,26)23-11-5-6-12-23/h7-8,13H,3-6,9-12,14H2,1-2H3,(H,21,24). The lowest BCUT2D eigenvalue weighted by Crippen LogP contribution is -2.50. The van der Waals surface area contributed by atoms with Crippen LogP contribution in [0.5, 0.6) is 0 Å². The van der Waals surface area contributed by atoms with Gasteiger partial charge >= 0.3 is 0 Å². The van der Waals surface area contributed by atoms with E-state index in [1.807, 2.05) is 14.1 Å². The Kier molecular flexibility index (Phi) is 6.15. The number of benzene rings is 1. The summed E-state index contributed by atoms with van der Waals surface area (Å²) in [4.78, 5) is 15.1. The number of sulfonamides is 1. The number of amides is 1. The van der Waals surface area contributed by atoms with Crippen LogP contribution in [0.15, 0.2) is 23.1 Å². The van der Waals surface area contributed by atoms with Gasteiger partial charge < -0.3 is 10.2 Å². The van der Waals surface area contributed by atoms with Gasteiger partial charge in [0.05, 0.1) is 15.5 Å². The van der Waals surface area contributed by atoms with Crippen molar-refractivity contribution in [1.82, 2.24) is 14.5 Å². The summed E-state index contributed by atoms with van der Waals surface area (Å²) in [6, 6.07) is 4.38. The molecule has 1 aromatic carbocycles. The van der Waals surface area contributed by atoms with Gasteiger partial charge in [0.15, 0.2) is 0 Å². The Balaban J connectivity index is 1.78. The van der Waals surface area contributed by atoms with Crippen LogP contribution in [0.1, 0.15) is 48.9 Å². The van der Waals surface area contributed by atoms with Crippen LogP contribution in [-0.4, -0.2) is 62.8 Å². The minimum Gasteiger partial charge on any atom is -0.350 e. The molecule has 2 fully saturated rings. The molecule has 1 aliphatic heterocycles. The lowest BCUT2D eigenvalue weighted by atomic mass is 9.96. The van der Waals surface area contributed by atoms with Crippen LogP contribution < -0.4 is 5.32 Å². The van der Waals surface area contributed by atoms with Crippen molar-refractivity contribution in [2.24, 2.45) is 0 Å². The third-order valence-corrected chi connectivity index (χ3v) is 8.17. The van der Waals surface area contributed by atoms with Gasteiger partial charge in [0.25, 0.3) is 5.91 Å². The number of likely N-dealkylation sites (N-methyl/N-ethyl adjacent to an activating group) is 1. The van der Waals surface area contributed by atoms with Gasteiger partial charge in [-0.3, -0.25) is 4.79 Å². The van der Waals surface area contributed by atoms with Crippen molar-refractivity contribution in [3.8, 4) is 0 Å². The molecule has 27 heavy (non-hydrogen) atoms. The maximum Gasteiger partial charge on any atom is 0.252 e. The highest BCUT2D eigenvalue weighted by molar-refractivity contribution is 7.89. The Morgan fingerprint density at radius 2 is 1.81 bits per heavy atom. The number of halogens is 1. The van der Waals surface area contributed by atoms with E-state index in [0.29, 0.717) is 19.6 Å². The van der Waals surface area contributed by atoms with Crippen molar-refractivity contribution in [3.05, 3.63) is 28.8 Å². The van der Waals surface area contributed by atoms with E-state index in [0.717, 1.165) is 38.5 Å². The van der Waals surface area contributed by atoms with Crippen LogP contribution in [0.25, 0.3) is 0 Å². The maximum absolute atomic E-state index is 12.8. The molecule has 0 atom stereocenters. The Morgan fingerprint density at radius 1 is 1.19 bits per heavy atom. The maximum atomic E-state index is 12.8. The van der Waals surface area contributed by atoms with Crippen molar-refractivity contribution in [2.45, 2.75) is 49.0 Å². The predicted octanol–water partition coefficient (Wildman–Crippen LogP) is 2.73. The Hall–Kier alpha value is -1.15. The molecule has 1 heterocycles. The normalized spacial score (nSPS) is 20.3. The van der Waals surface area contributed by atoms with Crippen LogP contribution >= 0.6 is 11.6 Å². The Morgan fingerprint density at radius 3 is 2.41 bits per heavy atom. The molecule has 6 nitrogen and oxygen atoms in total. The first kappa shape index (κ1) is 20.6. The first-order chi connectivity index (χ1) is 12.8. The number of hydrogen-bond donors (Lipinski definition) is 1. The minimum absolute atomic E-state index is 0.0403. The molecule has 2 aliphatic rings. The lowest BCUT2D eigenvalue weighted by molar-refractivity contribution is 0.0900. The minimum atomic E-state index is -3.58. The van der Waals surface area contributed by atoms with Gasteiger partial charge in [0.1, 0.15) is 0 Å². The quantitative estimate of drug-likeness (QED) is 0.778. The fourth-order valence-electron chi connectivity index (χ4n) is 4.07. The number of nitrogens with one attached hydrogen (secondary N) is 1. The molecule has 0 unspecified atom stereocenters. The second kappa shape index (κ2) is 8.07. The number of carbonyl (C=O) groups excluding carboxylic acids is 1. The molecule has 0 bridgehead atoms. The third-order valence-electron chi connectivity index (χ3n) is 5.95. The zero-order valence-corrected chi connectivity index (χ0v) is 17.6. The van der Waals surface area contributed by atoms with E-state index in [-0.39, 0.29) is 26.9 Å². The monoisotopic (exact) mass is 413 g/mol. The zero-order valence-electron chi connectivity index (χ0n) is 16.0. The van der Waals surface area contributed by atoms with Crippen LogP contribution in [0.2, 0.25) is 5.02 Å². The summed E-state index contributed by atoms with van der Waals surface area (Å²) < 4.78 is 27.0. The van der Waals surface area contributed by atoms with Crippen molar-refractivity contribution < 1.29 is 13.2 Å². The molecule has 0 spiro atoms. The van der Waals surface area contributed by atoms with E-state index in [1.54, 1.807) is 0 Å². The molecule has 1 amide bonds. The summed E-state index contributed by atoms with van der Waals surface area (Å²) in [5, 5.41) is 3.24. The fraction of sp³-hybridized carbons (Fsp3) is 0.632. The largest absolute Gasteiger partial charge is 0.350 e. The van der Waals surface area contributed by atoms with Gasteiger partial charge in [-0.2, -0.15) is 4.31 Å². The molecular formula is C19H28ClN3O3S. The van der Waals surface area contributed by atoms with E-state index < -0.39 is 10.0 Å². The Labute approximate surface area is 166 Å². The molecule has 0 aromatic heterocycles. The lowest BCUT2D eigenvalue weighted by Gasteiger charge is -2.36. The van der Waals surface area contributed by atoms with Crippen molar-refractivity contribution in [2.75, 3.05) is 33.7 Å². The first-order valence-corrected chi connectivity index (χ1v) is 11.3. The van der Waals surface area contributed by atoms with Crippen LogP contribution in [0, 0.1) is 0 Å². The summed E-state index contributed by atoms with van der Waals surface area (Å²) in [7, 11) is 0.490. The molecule has 1 aromatic rings. The molecule has 1 saturated carbocycles. The molecule has 1 N–H and O–H groups in total. The molecule has 1 saturated heterocycles. The second-order valence-corrected chi connectivity index (χ2v) is 10.1. The average Bonchev–Trinajstić information content (AvgIpc) is 3.32.